The molecule has 2 aliphatic heterocycles. The highest BCUT2D eigenvalue weighted by molar-refractivity contribution is 7.16. The van der Waals surface area contributed by atoms with E-state index in [0.717, 1.165) is 24.0 Å². The standard InChI is InChI=1S/C27H24F3N7O3S/c1-39-14-16-10-7-13-37(16)24-20(33-25(41-24)27(28,29)30)23-35-36-26(40-23)34-21-22(38)31-18-12-6-5-11-17(18)19(32-21)15-8-3-2-4-9-15/h2-6,8-9,11-12,16,21H,7,10,13-14H2,1H3,(H,31,38)(H,34,36)/t16-,21?/m0/s1. The van der Waals surface area contributed by atoms with Crippen molar-refractivity contribution in [2.45, 2.75) is 31.2 Å². The van der Waals surface area contributed by atoms with E-state index in [2.05, 4.69) is 30.8 Å². The van der Waals surface area contributed by atoms with Gasteiger partial charge in [-0.2, -0.15) is 13.2 Å². The molecule has 212 valence electrons. The van der Waals surface area contributed by atoms with Gasteiger partial charge in [0.25, 0.3) is 11.8 Å². The number of fused-ring (bicyclic) bond motifs is 1. The van der Waals surface area contributed by atoms with Crippen molar-refractivity contribution >= 4 is 39.7 Å². The summed E-state index contributed by atoms with van der Waals surface area (Å²) in [6, 6.07) is 16.3. The fourth-order valence-corrected chi connectivity index (χ4v) is 5.93. The second-order valence-corrected chi connectivity index (χ2v) is 10.4. The SMILES string of the molecule is COC[C@@H]1CCCN1c1sc(C(F)(F)F)nc1-c1nnc(NC2N=C(c3ccccc3)c3ccccc3NC2=O)o1. The number of nitrogens with zero attached hydrogens (tertiary/aromatic N) is 5. The van der Waals surface area contributed by atoms with Gasteiger partial charge < -0.3 is 24.7 Å². The van der Waals surface area contributed by atoms with Crippen LogP contribution in [0.25, 0.3) is 11.6 Å². The van der Waals surface area contributed by atoms with Gasteiger partial charge in [-0.1, -0.05) is 65.0 Å². The summed E-state index contributed by atoms with van der Waals surface area (Å²) >= 11 is 0.527. The minimum absolute atomic E-state index is 0.0722. The lowest BCUT2D eigenvalue weighted by Gasteiger charge is -2.24. The van der Waals surface area contributed by atoms with Crippen LogP contribution in [0.1, 0.15) is 29.0 Å². The second kappa shape index (κ2) is 10.9. The van der Waals surface area contributed by atoms with Gasteiger partial charge in [-0.25, -0.2) is 9.98 Å². The normalized spacial score (nSPS) is 19.0. The van der Waals surface area contributed by atoms with Crippen LogP contribution in [0.4, 0.5) is 29.9 Å². The average molecular weight is 584 g/mol. The molecular formula is C27H24F3N7O3S. The Bertz CT molecular complexity index is 1590. The Hall–Kier alpha value is -4.30. The molecule has 1 fully saturated rings. The van der Waals surface area contributed by atoms with Crippen molar-refractivity contribution in [2.24, 2.45) is 4.99 Å². The van der Waals surface area contributed by atoms with Crippen LogP contribution in [-0.4, -0.2) is 59.3 Å². The number of carbonyl (C=O) groups is 1. The number of alkyl halides is 3. The molecule has 1 amide bonds. The van der Waals surface area contributed by atoms with E-state index in [1.54, 1.807) is 19.2 Å². The van der Waals surface area contributed by atoms with E-state index in [4.69, 9.17) is 9.15 Å². The predicted molar refractivity (Wildman–Crippen MR) is 147 cm³/mol. The molecule has 0 aliphatic carbocycles. The number of para-hydroxylation sites is 1. The average Bonchev–Trinajstić information content (AvgIpc) is 3.70. The van der Waals surface area contributed by atoms with Crippen molar-refractivity contribution in [3.8, 4) is 11.6 Å². The van der Waals surface area contributed by atoms with Gasteiger partial charge in [0.05, 0.1) is 24.0 Å². The minimum atomic E-state index is -4.65. The molecule has 4 heterocycles. The van der Waals surface area contributed by atoms with Gasteiger partial charge >= 0.3 is 12.2 Å². The molecule has 41 heavy (non-hydrogen) atoms. The highest BCUT2D eigenvalue weighted by Gasteiger charge is 2.40. The van der Waals surface area contributed by atoms with Crippen LogP contribution in [0, 0.1) is 0 Å². The third-order valence-electron chi connectivity index (χ3n) is 6.73. The van der Waals surface area contributed by atoms with Crippen molar-refractivity contribution in [2.75, 3.05) is 35.8 Å². The first-order chi connectivity index (χ1) is 19.8. The molecule has 0 bridgehead atoms. The number of thiazole rings is 1. The molecule has 0 radical (unpaired) electrons. The molecule has 1 unspecified atom stereocenters. The molecule has 4 aromatic rings. The van der Waals surface area contributed by atoms with E-state index >= 15 is 0 Å². The van der Waals surface area contributed by atoms with Crippen LogP contribution < -0.4 is 15.5 Å². The van der Waals surface area contributed by atoms with E-state index in [0.29, 0.717) is 35.9 Å². The maximum absolute atomic E-state index is 13.7. The van der Waals surface area contributed by atoms with Gasteiger partial charge in [-0.05, 0) is 18.9 Å². The van der Waals surface area contributed by atoms with Gasteiger partial charge in [0.15, 0.2) is 5.69 Å². The van der Waals surface area contributed by atoms with Crippen LogP contribution in [0.3, 0.4) is 0 Å². The fraction of sp³-hybridized carbons (Fsp3) is 0.296. The number of aliphatic imine (C=N–C) groups is 1. The van der Waals surface area contributed by atoms with Gasteiger partial charge in [0.1, 0.15) is 5.00 Å². The minimum Gasteiger partial charge on any atom is -0.402 e. The number of benzene rings is 2. The number of carbonyl (C=O) groups excluding carboxylic acids is 1. The zero-order chi connectivity index (χ0) is 28.6. The van der Waals surface area contributed by atoms with Gasteiger partial charge in [0.2, 0.25) is 11.2 Å². The summed E-state index contributed by atoms with van der Waals surface area (Å²) in [5.41, 5.74) is 2.59. The van der Waals surface area contributed by atoms with Crippen LogP contribution in [-0.2, 0) is 15.7 Å². The molecule has 2 N–H and O–H groups in total. The summed E-state index contributed by atoms with van der Waals surface area (Å²) in [6.07, 6.45) is -4.25. The zero-order valence-corrected chi connectivity index (χ0v) is 22.5. The van der Waals surface area contributed by atoms with E-state index in [1.165, 1.54) is 0 Å². The Morgan fingerprint density at radius 3 is 2.71 bits per heavy atom. The maximum Gasteiger partial charge on any atom is 0.443 e. The first-order valence-corrected chi connectivity index (χ1v) is 13.6. The highest BCUT2D eigenvalue weighted by Crippen LogP contribution is 2.44. The van der Waals surface area contributed by atoms with E-state index < -0.39 is 23.3 Å². The number of aromatic nitrogens is 3. The second-order valence-electron chi connectivity index (χ2n) is 9.45. The molecule has 10 nitrogen and oxygen atoms in total. The number of amides is 1. The number of ether oxygens (including phenoxy) is 1. The summed E-state index contributed by atoms with van der Waals surface area (Å²) in [5.74, 6) is -0.682. The smallest absolute Gasteiger partial charge is 0.402 e. The van der Waals surface area contributed by atoms with Gasteiger partial charge in [-0.3, -0.25) is 4.79 Å². The Morgan fingerprint density at radius 2 is 1.93 bits per heavy atom. The summed E-state index contributed by atoms with van der Waals surface area (Å²) in [6.45, 7) is 0.899. The van der Waals surface area contributed by atoms with E-state index in [-0.39, 0.29) is 28.6 Å². The first kappa shape index (κ1) is 26.9. The summed E-state index contributed by atoms with van der Waals surface area (Å²) in [5, 5.41) is 12.9. The predicted octanol–water partition coefficient (Wildman–Crippen LogP) is 5.05. The van der Waals surface area contributed by atoms with Crippen molar-refractivity contribution in [3.05, 3.63) is 70.7 Å². The van der Waals surface area contributed by atoms with E-state index in [1.807, 2.05) is 47.4 Å². The lowest BCUT2D eigenvalue weighted by atomic mass is 10.0. The highest BCUT2D eigenvalue weighted by atomic mass is 32.1. The van der Waals surface area contributed by atoms with Crippen molar-refractivity contribution in [1.82, 2.24) is 15.2 Å². The number of methoxy groups -OCH3 is 1. The third kappa shape index (κ3) is 5.39. The summed E-state index contributed by atoms with van der Waals surface area (Å²) in [7, 11) is 1.55. The summed E-state index contributed by atoms with van der Waals surface area (Å²) in [4.78, 5) is 23.5. The quantitative estimate of drug-likeness (QED) is 0.310. The molecule has 2 aromatic carbocycles. The molecule has 0 spiro atoms. The van der Waals surface area contributed by atoms with Crippen molar-refractivity contribution in [3.63, 3.8) is 0 Å². The number of halogens is 3. The Kier molecular flexibility index (Phi) is 7.17. The number of hydrogen-bond donors (Lipinski definition) is 2. The fourth-order valence-electron chi connectivity index (χ4n) is 4.91. The Morgan fingerprint density at radius 1 is 1.15 bits per heavy atom. The number of anilines is 3. The molecule has 2 atom stereocenters. The molecule has 2 aliphatic rings. The largest absolute Gasteiger partial charge is 0.443 e. The van der Waals surface area contributed by atoms with Crippen LogP contribution in [0.2, 0.25) is 0 Å². The number of benzodiazepines with no additional fused rings is 1. The van der Waals surface area contributed by atoms with Gasteiger partial charge in [-0.15, -0.1) is 5.10 Å². The number of hydrogen-bond acceptors (Lipinski definition) is 10. The maximum atomic E-state index is 13.7. The van der Waals surface area contributed by atoms with Crippen molar-refractivity contribution in [1.29, 1.82) is 0 Å². The molecule has 0 saturated carbocycles. The van der Waals surface area contributed by atoms with Gasteiger partial charge in [0, 0.05) is 24.8 Å². The number of nitrogens with one attached hydrogen (secondary N) is 2. The Balaban J connectivity index is 1.34. The van der Waals surface area contributed by atoms with Crippen molar-refractivity contribution < 1.29 is 27.1 Å². The van der Waals surface area contributed by atoms with Crippen LogP contribution in [0.5, 0.6) is 0 Å². The van der Waals surface area contributed by atoms with E-state index in [9.17, 15) is 18.0 Å². The molecular weight excluding hydrogens is 559 g/mol. The lowest BCUT2D eigenvalue weighted by molar-refractivity contribution is -0.137. The summed E-state index contributed by atoms with van der Waals surface area (Å²) < 4.78 is 52.1. The lowest BCUT2D eigenvalue weighted by Crippen LogP contribution is -2.32. The monoisotopic (exact) mass is 583 g/mol. The zero-order valence-electron chi connectivity index (χ0n) is 21.7. The topological polar surface area (TPSA) is 118 Å². The molecule has 6 rings (SSSR count). The Labute approximate surface area is 236 Å². The third-order valence-corrected chi connectivity index (χ3v) is 7.87. The number of rotatable bonds is 7. The van der Waals surface area contributed by atoms with Crippen LogP contribution >= 0.6 is 11.3 Å². The van der Waals surface area contributed by atoms with Crippen LogP contribution in [0.15, 0.2) is 64.0 Å². The first-order valence-electron chi connectivity index (χ1n) is 12.8. The molecule has 2 aromatic heterocycles. The molecule has 1 saturated heterocycles. The molecule has 14 heteroatoms.